The fourth-order valence-electron chi connectivity index (χ4n) is 0.771. The number of hydrogen-bond acceptors (Lipinski definition) is 2. The van der Waals surface area contributed by atoms with Crippen molar-refractivity contribution < 1.29 is 13.0 Å². The average molecular weight is 204 g/mol. The van der Waals surface area contributed by atoms with Crippen molar-refractivity contribution >= 4 is 22.8 Å². The van der Waals surface area contributed by atoms with Gasteiger partial charge in [-0.05, 0) is 12.2 Å². The highest BCUT2D eigenvalue weighted by Gasteiger charge is 2.04. The van der Waals surface area contributed by atoms with Gasteiger partial charge in [-0.2, -0.15) is 8.42 Å². The highest BCUT2D eigenvalue weighted by atomic mass is 32.8. The van der Waals surface area contributed by atoms with E-state index in [4.69, 9.17) is 4.55 Å². The van der Waals surface area contributed by atoms with Crippen LogP contribution in [0.3, 0.4) is 0 Å². The standard InChI is InChI=1S/C7H9O3PS/c1-6-2-4-7(5-3-6)11-12(8,9)10/h2-5,11H,1H3,(H,8,9,10). The Balaban J connectivity index is 2.85. The summed E-state index contributed by atoms with van der Waals surface area (Å²) in [5.74, 6) is 0. The average Bonchev–Trinajstić information content (AvgIpc) is 1.91. The van der Waals surface area contributed by atoms with E-state index in [1.165, 1.54) is 0 Å². The minimum Gasteiger partial charge on any atom is -0.283 e. The topological polar surface area (TPSA) is 54.4 Å². The maximum absolute atomic E-state index is 10.5. The lowest BCUT2D eigenvalue weighted by Crippen LogP contribution is -1.99. The Bertz CT molecular complexity index is 355. The zero-order chi connectivity index (χ0) is 9.19. The van der Waals surface area contributed by atoms with Gasteiger partial charge in [-0.1, -0.05) is 29.8 Å². The van der Waals surface area contributed by atoms with Crippen molar-refractivity contribution in [1.82, 2.24) is 0 Å². The molecule has 0 spiro atoms. The molecule has 0 aliphatic carbocycles. The molecule has 0 aliphatic heterocycles. The van der Waals surface area contributed by atoms with Crippen LogP contribution in [0.4, 0.5) is 0 Å². The predicted molar refractivity (Wildman–Crippen MR) is 50.7 cm³/mol. The van der Waals surface area contributed by atoms with E-state index < -0.39 is 17.5 Å². The van der Waals surface area contributed by atoms with E-state index in [2.05, 4.69) is 0 Å². The summed E-state index contributed by atoms with van der Waals surface area (Å²) in [5.41, 5.74) is 1.07. The van der Waals surface area contributed by atoms with Crippen molar-refractivity contribution in [3.8, 4) is 0 Å². The highest BCUT2D eigenvalue weighted by molar-refractivity contribution is 8.42. The first-order chi connectivity index (χ1) is 5.47. The molecule has 0 amide bonds. The molecular weight excluding hydrogens is 195 g/mol. The number of rotatable bonds is 2. The molecule has 12 heavy (non-hydrogen) atoms. The van der Waals surface area contributed by atoms with E-state index in [0.717, 1.165) is 5.56 Å². The fraction of sp³-hybridized carbons (Fsp3) is 0.143. The molecule has 5 heteroatoms. The van der Waals surface area contributed by atoms with Gasteiger partial charge in [0.05, 0.1) is 7.78 Å². The van der Waals surface area contributed by atoms with Crippen molar-refractivity contribution in [2.24, 2.45) is 0 Å². The minimum absolute atomic E-state index is 0.562. The number of aryl methyl sites for hydroxylation is 1. The lowest BCUT2D eigenvalue weighted by atomic mass is 10.2. The second-order valence-corrected chi connectivity index (χ2v) is 6.33. The molecule has 66 valence electrons. The molecule has 1 N–H and O–H groups in total. The summed E-state index contributed by atoms with van der Waals surface area (Å²) in [6.07, 6.45) is 0. The zero-order valence-corrected chi connectivity index (χ0v) is 8.30. The molecule has 1 rings (SSSR count). The van der Waals surface area contributed by atoms with Crippen molar-refractivity contribution in [3.63, 3.8) is 0 Å². The maximum Gasteiger partial charge on any atom is 0.282 e. The molecule has 1 unspecified atom stereocenters. The Kier molecular flexibility index (Phi) is 2.83. The van der Waals surface area contributed by atoms with E-state index >= 15 is 0 Å². The van der Waals surface area contributed by atoms with E-state index in [-0.39, 0.29) is 0 Å². The third-order valence-electron chi connectivity index (χ3n) is 1.30. The summed E-state index contributed by atoms with van der Waals surface area (Å²) in [7, 11) is -4.42. The highest BCUT2D eigenvalue weighted by Crippen LogP contribution is 2.17. The van der Waals surface area contributed by atoms with Gasteiger partial charge in [-0.3, -0.25) is 4.55 Å². The Morgan fingerprint density at radius 3 is 2.17 bits per heavy atom. The van der Waals surface area contributed by atoms with Gasteiger partial charge in [0, 0.05) is 0 Å². The Labute approximate surface area is 73.1 Å². The lowest BCUT2D eigenvalue weighted by Gasteiger charge is -1.97. The minimum atomic E-state index is -3.86. The van der Waals surface area contributed by atoms with Gasteiger partial charge < -0.3 is 0 Å². The van der Waals surface area contributed by atoms with Crippen LogP contribution in [-0.4, -0.2) is 13.0 Å². The molecule has 0 fully saturated rings. The molecule has 1 aromatic rings. The third kappa shape index (κ3) is 3.30. The largest absolute Gasteiger partial charge is 0.283 e. The molecule has 0 bridgehead atoms. The summed E-state index contributed by atoms with van der Waals surface area (Å²) < 4.78 is 29.4. The molecule has 0 heterocycles. The predicted octanol–water partition coefficient (Wildman–Crippen LogP) is 1.10. The van der Waals surface area contributed by atoms with Crippen LogP contribution in [0.5, 0.6) is 0 Å². The van der Waals surface area contributed by atoms with Crippen molar-refractivity contribution in [3.05, 3.63) is 29.8 Å². The van der Waals surface area contributed by atoms with Crippen LogP contribution in [0.1, 0.15) is 5.56 Å². The quantitative estimate of drug-likeness (QED) is 0.579. The molecule has 0 saturated carbocycles. The van der Waals surface area contributed by atoms with Gasteiger partial charge in [-0.25, -0.2) is 0 Å². The summed E-state index contributed by atoms with van der Waals surface area (Å²) in [6.45, 7) is 1.92. The van der Waals surface area contributed by atoms with E-state index in [1.54, 1.807) is 12.1 Å². The van der Waals surface area contributed by atoms with E-state index in [0.29, 0.717) is 5.30 Å². The first-order valence-corrected chi connectivity index (χ1v) is 6.46. The van der Waals surface area contributed by atoms with Crippen LogP contribution in [0.2, 0.25) is 0 Å². The van der Waals surface area contributed by atoms with Crippen LogP contribution in [-0.2, 0) is 9.74 Å². The zero-order valence-electron chi connectivity index (χ0n) is 6.48. The molecule has 0 aromatic heterocycles. The summed E-state index contributed by atoms with van der Waals surface area (Å²) >= 11 is 0. The van der Waals surface area contributed by atoms with Crippen molar-refractivity contribution in [2.45, 2.75) is 6.92 Å². The van der Waals surface area contributed by atoms with Crippen LogP contribution >= 0.6 is 7.78 Å². The van der Waals surface area contributed by atoms with Gasteiger partial charge in [0.2, 0.25) is 0 Å². The smallest absolute Gasteiger partial charge is 0.282 e. The van der Waals surface area contributed by atoms with Gasteiger partial charge in [-0.15, -0.1) is 0 Å². The van der Waals surface area contributed by atoms with Crippen molar-refractivity contribution in [1.29, 1.82) is 0 Å². The monoisotopic (exact) mass is 204 g/mol. The van der Waals surface area contributed by atoms with Crippen LogP contribution in [0.25, 0.3) is 0 Å². The molecule has 3 nitrogen and oxygen atoms in total. The van der Waals surface area contributed by atoms with Gasteiger partial charge in [0.15, 0.2) is 0 Å². The Morgan fingerprint density at radius 2 is 1.75 bits per heavy atom. The molecule has 0 aliphatic rings. The van der Waals surface area contributed by atoms with Gasteiger partial charge in [0.1, 0.15) is 0 Å². The van der Waals surface area contributed by atoms with Crippen LogP contribution in [0.15, 0.2) is 24.3 Å². The number of hydrogen-bond donors (Lipinski definition) is 1. The second kappa shape index (κ2) is 3.52. The summed E-state index contributed by atoms with van der Waals surface area (Å²) in [6, 6.07) is 7.02. The molecule has 0 radical (unpaired) electrons. The van der Waals surface area contributed by atoms with Crippen LogP contribution in [0, 0.1) is 6.92 Å². The number of benzene rings is 1. The Morgan fingerprint density at radius 1 is 1.25 bits per heavy atom. The van der Waals surface area contributed by atoms with E-state index in [1.807, 2.05) is 19.1 Å². The lowest BCUT2D eigenvalue weighted by molar-refractivity contribution is 0.502. The molecule has 0 saturated heterocycles. The summed E-state index contributed by atoms with van der Waals surface area (Å²) in [4.78, 5) is 0. The maximum atomic E-state index is 10.5. The molecular formula is C7H9O3PS. The molecule has 1 aromatic carbocycles. The fourth-order valence-corrected chi connectivity index (χ4v) is 2.67. The van der Waals surface area contributed by atoms with E-state index in [9.17, 15) is 8.42 Å². The third-order valence-corrected chi connectivity index (χ3v) is 3.61. The first kappa shape index (κ1) is 9.65. The first-order valence-electron chi connectivity index (χ1n) is 3.29. The normalized spacial score (nSPS) is 12.5. The Hall–Kier alpha value is -0.440. The van der Waals surface area contributed by atoms with Crippen molar-refractivity contribution in [2.75, 3.05) is 0 Å². The second-order valence-electron chi connectivity index (χ2n) is 2.44. The van der Waals surface area contributed by atoms with Gasteiger partial charge >= 0.3 is 0 Å². The molecule has 1 atom stereocenters. The van der Waals surface area contributed by atoms with Gasteiger partial charge in [0.25, 0.3) is 9.74 Å². The van der Waals surface area contributed by atoms with Crippen LogP contribution < -0.4 is 5.30 Å². The summed E-state index contributed by atoms with van der Waals surface area (Å²) in [5, 5.41) is 0.628. The SMILES string of the molecule is Cc1ccc(PS(=O)(=O)O)cc1.